The van der Waals surface area contributed by atoms with Crippen molar-refractivity contribution < 1.29 is 36.2 Å². The van der Waals surface area contributed by atoms with Gasteiger partial charge in [0.15, 0.2) is 23.3 Å². The number of carbonyl (C=O) groups is 1. The molecule has 0 fully saturated rings. The zero-order valence-electron chi connectivity index (χ0n) is 11.5. The topological polar surface area (TPSA) is 37.3 Å². The van der Waals surface area contributed by atoms with Crippen LogP contribution in [0.3, 0.4) is 0 Å². The Morgan fingerprint density at radius 1 is 0.870 bits per heavy atom. The van der Waals surface area contributed by atoms with Gasteiger partial charge in [-0.15, -0.1) is 0 Å². The smallest absolute Gasteiger partial charge is 0.336 e. The lowest BCUT2D eigenvalue weighted by atomic mass is 9.95. The van der Waals surface area contributed by atoms with Gasteiger partial charge in [-0.25, -0.2) is 31.1 Å². The predicted octanol–water partition coefficient (Wildman–Crippen LogP) is 4.45. The fourth-order valence-electron chi connectivity index (χ4n) is 2.20. The molecule has 8 heteroatoms. The molecule has 0 amide bonds. The summed E-state index contributed by atoms with van der Waals surface area (Å²) in [5, 5.41) is 8.93. The molecule has 2 nitrogen and oxygen atoms in total. The standard InChI is InChI=1S/C15H8F6O2/c1-2-5-6(15(22)23)3-4-7(9(5)16)8-10(17)12(19)14(21)13(20)11(8)18/h3-4H,2H2,1H3,(H,22,23). The molecule has 2 aromatic rings. The summed E-state index contributed by atoms with van der Waals surface area (Å²) >= 11 is 0. The third kappa shape index (κ3) is 2.54. The van der Waals surface area contributed by atoms with Crippen LogP contribution in [0.5, 0.6) is 0 Å². The van der Waals surface area contributed by atoms with E-state index in [1.807, 2.05) is 0 Å². The van der Waals surface area contributed by atoms with Crippen LogP contribution < -0.4 is 0 Å². The Labute approximate surface area is 126 Å². The lowest BCUT2D eigenvalue weighted by Gasteiger charge is -2.13. The van der Waals surface area contributed by atoms with E-state index >= 15 is 0 Å². The number of halogens is 6. The molecule has 0 atom stereocenters. The van der Waals surface area contributed by atoms with Gasteiger partial charge in [0.2, 0.25) is 5.82 Å². The van der Waals surface area contributed by atoms with Crippen LogP contribution in [0.1, 0.15) is 22.8 Å². The van der Waals surface area contributed by atoms with Crippen LogP contribution in [-0.4, -0.2) is 11.1 Å². The van der Waals surface area contributed by atoms with Crippen LogP contribution >= 0.6 is 0 Å². The van der Waals surface area contributed by atoms with E-state index in [2.05, 4.69) is 0 Å². The number of benzene rings is 2. The maximum atomic E-state index is 14.4. The van der Waals surface area contributed by atoms with E-state index in [4.69, 9.17) is 5.11 Å². The molecule has 1 N–H and O–H groups in total. The molecule has 0 aliphatic carbocycles. The van der Waals surface area contributed by atoms with E-state index in [0.717, 1.165) is 6.07 Å². The van der Waals surface area contributed by atoms with Gasteiger partial charge < -0.3 is 5.11 Å². The molecule has 0 heterocycles. The van der Waals surface area contributed by atoms with Gasteiger partial charge in [0.25, 0.3) is 0 Å². The normalized spacial score (nSPS) is 10.9. The van der Waals surface area contributed by atoms with Crippen molar-refractivity contribution in [1.82, 2.24) is 0 Å². The monoisotopic (exact) mass is 334 g/mol. The van der Waals surface area contributed by atoms with Gasteiger partial charge in [0, 0.05) is 11.1 Å². The highest BCUT2D eigenvalue weighted by molar-refractivity contribution is 5.90. The number of carboxylic acid groups (broad SMARTS) is 1. The average molecular weight is 334 g/mol. The third-order valence-electron chi connectivity index (χ3n) is 3.31. The summed E-state index contributed by atoms with van der Waals surface area (Å²) in [4.78, 5) is 11.0. The van der Waals surface area contributed by atoms with Crippen molar-refractivity contribution in [2.45, 2.75) is 13.3 Å². The van der Waals surface area contributed by atoms with Crippen LogP contribution in [0, 0.1) is 34.9 Å². The molecule has 122 valence electrons. The largest absolute Gasteiger partial charge is 0.478 e. The SMILES string of the molecule is CCc1c(C(=O)O)ccc(-c2c(F)c(F)c(F)c(F)c2F)c1F. The highest BCUT2D eigenvalue weighted by Crippen LogP contribution is 2.35. The quantitative estimate of drug-likeness (QED) is 0.512. The molecule has 0 bridgehead atoms. The minimum Gasteiger partial charge on any atom is -0.478 e. The lowest BCUT2D eigenvalue weighted by molar-refractivity contribution is 0.0695. The number of aromatic carboxylic acids is 1. The lowest BCUT2D eigenvalue weighted by Crippen LogP contribution is -2.09. The van der Waals surface area contributed by atoms with Gasteiger partial charge in [-0.1, -0.05) is 13.0 Å². The van der Waals surface area contributed by atoms with Crippen LogP contribution in [0.25, 0.3) is 11.1 Å². The van der Waals surface area contributed by atoms with Gasteiger partial charge in [-0.05, 0) is 12.5 Å². The molecule has 0 aliphatic heterocycles. The van der Waals surface area contributed by atoms with E-state index < -0.39 is 63.1 Å². The van der Waals surface area contributed by atoms with E-state index in [0.29, 0.717) is 6.07 Å². The number of carboxylic acids is 1. The summed E-state index contributed by atoms with van der Waals surface area (Å²) in [6, 6.07) is 1.51. The van der Waals surface area contributed by atoms with Crippen molar-refractivity contribution in [1.29, 1.82) is 0 Å². The van der Waals surface area contributed by atoms with Crippen molar-refractivity contribution in [2.75, 3.05) is 0 Å². The second kappa shape index (κ2) is 5.94. The van der Waals surface area contributed by atoms with Gasteiger partial charge >= 0.3 is 5.97 Å². The molecule has 2 aromatic carbocycles. The summed E-state index contributed by atoms with van der Waals surface area (Å²) in [7, 11) is 0. The van der Waals surface area contributed by atoms with Crippen molar-refractivity contribution in [3.05, 3.63) is 58.2 Å². The first-order valence-corrected chi connectivity index (χ1v) is 6.28. The molecule has 0 spiro atoms. The van der Waals surface area contributed by atoms with E-state index in [9.17, 15) is 31.1 Å². The van der Waals surface area contributed by atoms with Crippen molar-refractivity contribution in [3.63, 3.8) is 0 Å². The predicted molar refractivity (Wildman–Crippen MR) is 68.0 cm³/mol. The molecule has 2 rings (SSSR count). The Morgan fingerprint density at radius 2 is 1.35 bits per heavy atom. The fourth-order valence-corrected chi connectivity index (χ4v) is 2.20. The summed E-state index contributed by atoms with van der Waals surface area (Å²) in [5.41, 5.74) is -3.21. The average Bonchev–Trinajstić information content (AvgIpc) is 2.52. The van der Waals surface area contributed by atoms with Crippen LogP contribution in [-0.2, 0) is 6.42 Å². The third-order valence-corrected chi connectivity index (χ3v) is 3.31. The molecular weight excluding hydrogens is 326 g/mol. The van der Waals surface area contributed by atoms with Crippen LogP contribution in [0.4, 0.5) is 26.3 Å². The van der Waals surface area contributed by atoms with Gasteiger partial charge in [0.1, 0.15) is 5.82 Å². The molecular formula is C15H8F6O2. The van der Waals surface area contributed by atoms with Crippen molar-refractivity contribution in [2.24, 2.45) is 0 Å². The van der Waals surface area contributed by atoms with E-state index in [-0.39, 0.29) is 6.42 Å². The van der Waals surface area contributed by atoms with Crippen molar-refractivity contribution >= 4 is 5.97 Å². The Kier molecular flexibility index (Phi) is 4.35. The maximum Gasteiger partial charge on any atom is 0.336 e. The second-order valence-electron chi connectivity index (χ2n) is 4.56. The summed E-state index contributed by atoms with van der Waals surface area (Å²) in [5.74, 6) is -14.0. The molecule has 0 saturated heterocycles. The Balaban J connectivity index is 2.87. The second-order valence-corrected chi connectivity index (χ2v) is 4.56. The first-order valence-electron chi connectivity index (χ1n) is 6.28. The summed E-state index contributed by atoms with van der Waals surface area (Å²) < 4.78 is 81.4. The molecule has 0 saturated carbocycles. The zero-order chi connectivity index (χ0) is 17.5. The summed E-state index contributed by atoms with van der Waals surface area (Å²) in [6.07, 6.45) is -0.156. The highest BCUT2D eigenvalue weighted by Gasteiger charge is 2.29. The number of rotatable bonds is 3. The molecule has 0 aromatic heterocycles. The number of hydrogen-bond donors (Lipinski definition) is 1. The Morgan fingerprint density at radius 3 is 1.78 bits per heavy atom. The summed E-state index contributed by atoms with van der Waals surface area (Å²) in [6.45, 7) is 1.38. The van der Waals surface area contributed by atoms with E-state index in [1.165, 1.54) is 6.92 Å². The fraction of sp³-hybridized carbons (Fsp3) is 0.133. The Bertz CT molecular complexity index is 787. The van der Waals surface area contributed by atoms with Crippen LogP contribution in [0.15, 0.2) is 12.1 Å². The highest BCUT2D eigenvalue weighted by atomic mass is 19.2. The zero-order valence-corrected chi connectivity index (χ0v) is 11.5. The van der Waals surface area contributed by atoms with Gasteiger partial charge in [-0.2, -0.15) is 0 Å². The molecule has 23 heavy (non-hydrogen) atoms. The molecule has 0 aliphatic rings. The molecule has 0 radical (unpaired) electrons. The van der Waals surface area contributed by atoms with Gasteiger partial charge in [0.05, 0.1) is 11.1 Å². The molecule has 0 unspecified atom stereocenters. The number of hydrogen-bond acceptors (Lipinski definition) is 1. The van der Waals surface area contributed by atoms with Gasteiger partial charge in [-0.3, -0.25) is 0 Å². The Hall–Kier alpha value is -2.51. The van der Waals surface area contributed by atoms with Crippen LogP contribution in [0.2, 0.25) is 0 Å². The first-order chi connectivity index (χ1) is 10.7. The first kappa shape index (κ1) is 16.9. The van der Waals surface area contributed by atoms with Crippen molar-refractivity contribution in [3.8, 4) is 11.1 Å². The maximum absolute atomic E-state index is 14.4. The minimum absolute atomic E-state index is 0.156. The van der Waals surface area contributed by atoms with E-state index in [1.54, 1.807) is 0 Å². The minimum atomic E-state index is -2.36.